The van der Waals surface area contributed by atoms with E-state index in [2.05, 4.69) is 20.7 Å². The van der Waals surface area contributed by atoms with Crippen LogP contribution >= 0.6 is 0 Å². The first-order valence-corrected chi connectivity index (χ1v) is 12.0. The van der Waals surface area contributed by atoms with Crippen LogP contribution in [0.1, 0.15) is 52.6 Å². The Kier molecular flexibility index (Phi) is 8.97. The topological polar surface area (TPSA) is 170 Å². The van der Waals surface area contributed by atoms with E-state index in [4.69, 9.17) is 15.2 Å². The summed E-state index contributed by atoms with van der Waals surface area (Å²) in [5, 5.41) is 9.67. The zero-order valence-electron chi connectivity index (χ0n) is 21.9. The van der Waals surface area contributed by atoms with E-state index in [9.17, 15) is 19.2 Å². The minimum Gasteiger partial charge on any atom is -0.427 e. The molecule has 0 fully saturated rings. The molecule has 0 radical (unpaired) electrons. The molecule has 0 spiro atoms. The molecule has 0 saturated carbocycles. The lowest BCUT2D eigenvalue weighted by Crippen LogP contribution is -2.33. The summed E-state index contributed by atoms with van der Waals surface area (Å²) in [6.45, 7) is 8.62. The number of hydrogen-bond donors (Lipinski definition) is 3. The molecule has 38 heavy (non-hydrogen) atoms. The Bertz CT molecular complexity index is 1370. The zero-order chi connectivity index (χ0) is 28.0. The van der Waals surface area contributed by atoms with Crippen molar-refractivity contribution in [2.45, 2.75) is 40.7 Å². The standard InChI is InChI=1S/C25H31N7O6/c1-6-27-22(33)17-9-8-14(3)19(10-17)32(25(36)38-13-37-24(35)16(5)26)21-20-15(4)18(23(34)28-7-2)11-31(20)30-12-29-21/h8-12,16H,6-7,13,26H2,1-5H3,(H,27,33)(H,28,34). The summed E-state index contributed by atoms with van der Waals surface area (Å²) in [7, 11) is 0. The van der Waals surface area contributed by atoms with E-state index < -0.39 is 24.9 Å². The van der Waals surface area contributed by atoms with Crippen molar-refractivity contribution in [2.24, 2.45) is 5.73 Å². The normalized spacial score (nSPS) is 11.5. The quantitative estimate of drug-likeness (QED) is 0.279. The molecule has 1 atom stereocenters. The number of carbonyl (C=O) groups is 4. The molecule has 1 unspecified atom stereocenters. The van der Waals surface area contributed by atoms with Gasteiger partial charge < -0.3 is 25.8 Å². The number of nitrogens with two attached hydrogens (primary N) is 1. The van der Waals surface area contributed by atoms with Crippen LogP contribution in [0.3, 0.4) is 0 Å². The van der Waals surface area contributed by atoms with Crippen molar-refractivity contribution in [1.29, 1.82) is 0 Å². The van der Waals surface area contributed by atoms with E-state index in [1.165, 1.54) is 30.0 Å². The summed E-state index contributed by atoms with van der Waals surface area (Å²) >= 11 is 0. The van der Waals surface area contributed by atoms with Crippen LogP contribution in [-0.2, 0) is 14.3 Å². The molecule has 1 aromatic carbocycles. The molecule has 4 N–H and O–H groups in total. The van der Waals surface area contributed by atoms with Crippen molar-refractivity contribution < 1.29 is 28.7 Å². The van der Waals surface area contributed by atoms with E-state index in [1.54, 1.807) is 39.8 Å². The lowest BCUT2D eigenvalue weighted by molar-refractivity contribution is -0.152. The van der Waals surface area contributed by atoms with Crippen LogP contribution in [0, 0.1) is 13.8 Å². The highest BCUT2D eigenvalue weighted by molar-refractivity contribution is 6.04. The highest BCUT2D eigenvalue weighted by atomic mass is 16.7. The summed E-state index contributed by atoms with van der Waals surface area (Å²) in [4.78, 5) is 55.9. The molecule has 0 saturated heterocycles. The Morgan fingerprint density at radius 2 is 1.76 bits per heavy atom. The van der Waals surface area contributed by atoms with Gasteiger partial charge in [-0.2, -0.15) is 5.10 Å². The number of amides is 3. The van der Waals surface area contributed by atoms with Crippen LogP contribution in [0.5, 0.6) is 0 Å². The van der Waals surface area contributed by atoms with Crippen molar-refractivity contribution in [1.82, 2.24) is 25.2 Å². The van der Waals surface area contributed by atoms with Crippen LogP contribution in [0.25, 0.3) is 5.52 Å². The van der Waals surface area contributed by atoms with Crippen molar-refractivity contribution in [2.75, 3.05) is 24.8 Å². The second kappa shape index (κ2) is 12.1. The third-order valence-corrected chi connectivity index (χ3v) is 5.59. The summed E-state index contributed by atoms with van der Waals surface area (Å²) < 4.78 is 11.6. The molecule has 202 valence electrons. The number of carbonyl (C=O) groups excluding carboxylic acids is 4. The van der Waals surface area contributed by atoms with Gasteiger partial charge >= 0.3 is 12.1 Å². The Hall–Kier alpha value is -4.52. The number of fused-ring (bicyclic) bond motifs is 1. The van der Waals surface area contributed by atoms with Gasteiger partial charge in [0.1, 0.15) is 17.9 Å². The van der Waals surface area contributed by atoms with Crippen LogP contribution in [0.2, 0.25) is 0 Å². The molecule has 3 amide bonds. The Labute approximate surface area is 219 Å². The van der Waals surface area contributed by atoms with Crippen molar-refractivity contribution in [3.05, 3.63) is 53.0 Å². The predicted octanol–water partition coefficient (Wildman–Crippen LogP) is 1.97. The molecule has 13 nitrogen and oxygen atoms in total. The highest BCUT2D eigenvalue weighted by Gasteiger charge is 2.29. The first-order chi connectivity index (χ1) is 18.1. The highest BCUT2D eigenvalue weighted by Crippen LogP contribution is 2.34. The average molecular weight is 526 g/mol. The monoisotopic (exact) mass is 525 g/mol. The number of anilines is 2. The van der Waals surface area contributed by atoms with Gasteiger partial charge in [-0.25, -0.2) is 19.2 Å². The van der Waals surface area contributed by atoms with Gasteiger partial charge in [-0.05, 0) is 57.9 Å². The summed E-state index contributed by atoms with van der Waals surface area (Å²) in [5.41, 5.74) is 7.93. The number of nitrogens with one attached hydrogen (secondary N) is 2. The number of hydrogen-bond acceptors (Lipinski definition) is 9. The van der Waals surface area contributed by atoms with Gasteiger partial charge in [-0.3, -0.25) is 14.4 Å². The van der Waals surface area contributed by atoms with E-state index >= 15 is 0 Å². The first kappa shape index (κ1) is 28.1. The van der Waals surface area contributed by atoms with E-state index in [0.717, 1.165) is 4.90 Å². The molecule has 0 bridgehead atoms. The van der Waals surface area contributed by atoms with E-state index in [1.807, 2.05) is 0 Å². The SMILES string of the molecule is CCNC(=O)c1ccc(C)c(N(C(=O)OCOC(=O)C(C)N)c2ncnn3cc(C(=O)NCC)c(C)c23)c1. The second-order valence-corrected chi connectivity index (χ2v) is 8.38. The third-order valence-electron chi connectivity index (χ3n) is 5.59. The number of nitrogens with zero attached hydrogens (tertiary/aromatic N) is 4. The van der Waals surface area contributed by atoms with Gasteiger partial charge in [0.15, 0.2) is 5.82 Å². The van der Waals surface area contributed by atoms with E-state index in [0.29, 0.717) is 40.9 Å². The Morgan fingerprint density at radius 3 is 2.42 bits per heavy atom. The lowest BCUT2D eigenvalue weighted by Gasteiger charge is -2.24. The van der Waals surface area contributed by atoms with Crippen LogP contribution in [-0.4, -0.2) is 64.4 Å². The molecular formula is C25H31N7O6. The van der Waals surface area contributed by atoms with Crippen LogP contribution < -0.4 is 21.3 Å². The van der Waals surface area contributed by atoms with Gasteiger partial charge in [0.2, 0.25) is 6.79 Å². The fourth-order valence-corrected chi connectivity index (χ4v) is 3.68. The van der Waals surface area contributed by atoms with E-state index in [-0.39, 0.29) is 23.3 Å². The molecule has 2 heterocycles. The third kappa shape index (κ3) is 5.89. The number of ether oxygens (including phenoxy) is 2. The molecular weight excluding hydrogens is 494 g/mol. The average Bonchev–Trinajstić information content (AvgIpc) is 3.22. The maximum absolute atomic E-state index is 13.5. The number of esters is 1. The summed E-state index contributed by atoms with van der Waals surface area (Å²) in [6.07, 6.45) is 1.81. The van der Waals surface area contributed by atoms with Gasteiger partial charge in [0, 0.05) is 24.8 Å². The fourth-order valence-electron chi connectivity index (χ4n) is 3.68. The Balaban J connectivity index is 2.16. The maximum atomic E-state index is 13.5. The summed E-state index contributed by atoms with van der Waals surface area (Å²) in [5.74, 6) is -1.31. The van der Waals surface area contributed by atoms with Crippen molar-refractivity contribution in [3.8, 4) is 0 Å². The lowest BCUT2D eigenvalue weighted by atomic mass is 10.1. The maximum Gasteiger partial charge on any atom is 0.423 e. The number of benzene rings is 1. The zero-order valence-corrected chi connectivity index (χ0v) is 21.9. The molecule has 0 aliphatic heterocycles. The molecule has 0 aliphatic rings. The molecule has 3 aromatic rings. The van der Waals surface area contributed by atoms with Crippen LogP contribution in [0.4, 0.5) is 16.3 Å². The van der Waals surface area contributed by atoms with Gasteiger partial charge in [-0.1, -0.05) is 6.07 Å². The largest absolute Gasteiger partial charge is 0.427 e. The smallest absolute Gasteiger partial charge is 0.423 e. The number of aryl methyl sites for hydroxylation is 2. The molecule has 3 rings (SSSR count). The second-order valence-electron chi connectivity index (χ2n) is 8.38. The molecule has 0 aliphatic carbocycles. The van der Waals surface area contributed by atoms with Gasteiger partial charge in [0.05, 0.1) is 11.3 Å². The van der Waals surface area contributed by atoms with Crippen molar-refractivity contribution in [3.63, 3.8) is 0 Å². The summed E-state index contributed by atoms with van der Waals surface area (Å²) in [6, 6.07) is 3.93. The number of aromatic nitrogens is 3. The molecule has 2 aromatic heterocycles. The first-order valence-electron chi connectivity index (χ1n) is 12.0. The fraction of sp³-hybridized carbons (Fsp3) is 0.360. The van der Waals surface area contributed by atoms with Gasteiger partial charge in [0.25, 0.3) is 11.8 Å². The van der Waals surface area contributed by atoms with Crippen molar-refractivity contribution >= 4 is 40.9 Å². The Morgan fingerprint density at radius 1 is 1.08 bits per heavy atom. The predicted molar refractivity (Wildman–Crippen MR) is 138 cm³/mol. The minimum absolute atomic E-state index is 0.0905. The van der Waals surface area contributed by atoms with Crippen LogP contribution in [0.15, 0.2) is 30.7 Å². The molecule has 13 heteroatoms. The number of rotatable bonds is 9. The minimum atomic E-state index is -0.945. The van der Waals surface area contributed by atoms with Gasteiger partial charge in [-0.15, -0.1) is 0 Å².